The molecule has 12 nitrogen and oxygen atoms in total. The van der Waals surface area contributed by atoms with Crippen molar-refractivity contribution in [2.24, 2.45) is 0 Å². The molecule has 0 bridgehead atoms. The van der Waals surface area contributed by atoms with Gasteiger partial charge in [-0.3, -0.25) is 0 Å². The standard InChI is InChI=1S/C28H23NO11S/c1-36-19-5-4-14(8-17(19)30)24-25-16-11-22(38-3)23(40-41(33,34)35)12-20(16)39-28(32)27(25)29-7-6-13-9-21(37-2)18(31)10-15(13)26(24)29/h4-5,8-12,30-31H,6-7H2,1-3H3,(H,33,34,35)/p-1. The molecule has 3 aromatic carbocycles. The van der Waals surface area contributed by atoms with Crippen LogP contribution in [-0.2, 0) is 23.4 Å². The summed E-state index contributed by atoms with van der Waals surface area (Å²) in [5.41, 5.74) is 2.49. The summed E-state index contributed by atoms with van der Waals surface area (Å²) in [5.74, 6) is -0.260. The van der Waals surface area contributed by atoms with Gasteiger partial charge in [0.05, 0.1) is 27.0 Å². The molecule has 0 aliphatic carbocycles. The van der Waals surface area contributed by atoms with Crippen molar-refractivity contribution in [3.8, 4) is 56.9 Å². The van der Waals surface area contributed by atoms with E-state index in [0.717, 1.165) is 11.6 Å². The molecule has 1 aliphatic heterocycles. The Bertz CT molecular complexity index is 2060. The van der Waals surface area contributed by atoms with Crippen LogP contribution in [0.25, 0.3) is 44.3 Å². The zero-order valence-electron chi connectivity index (χ0n) is 21.9. The lowest BCUT2D eigenvalue weighted by molar-refractivity contribution is 0.351. The summed E-state index contributed by atoms with van der Waals surface area (Å²) in [6, 6.07) is 10.6. The first-order valence-corrected chi connectivity index (χ1v) is 13.5. The Kier molecular flexibility index (Phi) is 6.01. The van der Waals surface area contributed by atoms with Crippen molar-refractivity contribution in [1.82, 2.24) is 4.57 Å². The highest BCUT2D eigenvalue weighted by atomic mass is 32.3. The smallest absolute Gasteiger partial charge is 0.361 e. The van der Waals surface area contributed by atoms with Gasteiger partial charge in [-0.1, -0.05) is 6.07 Å². The van der Waals surface area contributed by atoms with Gasteiger partial charge in [-0.25, -0.2) is 13.2 Å². The molecule has 13 heteroatoms. The number of phenolic OH excluding ortho intramolecular Hbond substituents is 2. The van der Waals surface area contributed by atoms with Crippen molar-refractivity contribution in [1.29, 1.82) is 0 Å². The van der Waals surface area contributed by atoms with Gasteiger partial charge in [0, 0.05) is 34.5 Å². The van der Waals surface area contributed by atoms with Crippen molar-refractivity contribution in [2.75, 3.05) is 21.3 Å². The van der Waals surface area contributed by atoms with Crippen LogP contribution in [0.3, 0.4) is 0 Å². The van der Waals surface area contributed by atoms with Gasteiger partial charge < -0.3 is 42.1 Å². The molecule has 5 aromatic rings. The lowest BCUT2D eigenvalue weighted by Gasteiger charge is -2.22. The lowest BCUT2D eigenvalue weighted by atomic mass is 9.91. The van der Waals surface area contributed by atoms with E-state index in [1.165, 1.54) is 33.5 Å². The van der Waals surface area contributed by atoms with Crippen LogP contribution in [0.4, 0.5) is 0 Å². The van der Waals surface area contributed by atoms with Crippen LogP contribution in [0.5, 0.6) is 34.5 Å². The van der Waals surface area contributed by atoms with E-state index in [2.05, 4.69) is 4.18 Å². The van der Waals surface area contributed by atoms with Crippen molar-refractivity contribution in [3.05, 3.63) is 58.4 Å². The van der Waals surface area contributed by atoms with Gasteiger partial charge >= 0.3 is 5.63 Å². The van der Waals surface area contributed by atoms with E-state index in [0.29, 0.717) is 51.9 Å². The van der Waals surface area contributed by atoms with Crippen LogP contribution in [0.1, 0.15) is 5.56 Å². The van der Waals surface area contributed by atoms with Crippen LogP contribution in [0, 0.1) is 0 Å². The minimum absolute atomic E-state index is 0.0679. The van der Waals surface area contributed by atoms with E-state index >= 15 is 0 Å². The van der Waals surface area contributed by atoms with Gasteiger partial charge in [-0.05, 0) is 47.9 Å². The number of aromatic hydroxyl groups is 2. The predicted molar refractivity (Wildman–Crippen MR) is 146 cm³/mol. The quantitative estimate of drug-likeness (QED) is 0.170. The van der Waals surface area contributed by atoms with Crippen LogP contribution >= 0.6 is 0 Å². The molecule has 0 saturated heterocycles. The molecule has 6 rings (SSSR count). The molecule has 0 radical (unpaired) electrons. The van der Waals surface area contributed by atoms with Crippen LogP contribution in [0.15, 0.2) is 51.7 Å². The van der Waals surface area contributed by atoms with Gasteiger partial charge in [0.15, 0.2) is 34.5 Å². The zero-order chi connectivity index (χ0) is 29.2. The summed E-state index contributed by atoms with van der Waals surface area (Å²) < 4.78 is 61.8. The highest BCUT2D eigenvalue weighted by molar-refractivity contribution is 7.81. The molecule has 0 atom stereocenters. The molecule has 2 N–H and O–H groups in total. The number of hydrogen-bond donors (Lipinski definition) is 2. The van der Waals surface area contributed by atoms with Gasteiger partial charge in [0.2, 0.25) is 0 Å². The summed E-state index contributed by atoms with van der Waals surface area (Å²) >= 11 is 0. The number of aryl methyl sites for hydroxylation is 2. The molecule has 0 amide bonds. The number of phenols is 2. The number of rotatable bonds is 6. The summed E-state index contributed by atoms with van der Waals surface area (Å²) in [7, 11) is -1.03. The van der Waals surface area contributed by atoms with Crippen molar-refractivity contribution >= 4 is 32.3 Å². The fourth-order valence-corrected chi connectivity index (χ4v) is 5.81. The Morgan fingerprint density at radius 3 is 2.27 bits per heavy atom. The van der Waals surface area contributed by atoms with Gasteiger partial charge in [0.1, 0.15) is 11.1 Å². The fourth-order valence-electron chi connectivity index (χ4n) is 5.46. The molecule has 3 heterocycles. The minimum Gasteiger partial charge on any atom is -0.716 e. The largest absolute Gasteiger partial charge is 0.716 e. The van der Waals surface area contributed by atoms with E-state index in [9.17, 15) is 28.0 Å². The molecular weight excluding hydrogens is 558 g/mol. The van der Waals surface area contributed by atoms with Crippen molar-refractivity contribution in [3.63, 3.8) is 0 Å². The summed E-state index contributed by atoms with van der Waals surface area (Å²) in [6.07, 6.45) is 0.505. The first-order chi connectivity index (χ1) is 19.5. The zero-order valence-corrected chi connectivity index (χ0v) is 22.7. The number of aromatic nitrogens is 1. The Hall–Kier alpha value is -4.88. The van der Waals surface area contributed by atoms with Crippen molar-refractivity contribution < 1.29 is 46.0 Å². The molecule has 0 fully saturated rings. The maximum atomic E-state index is 13.5. The van der Waals surface area contributed by atoms with Gasteiger partial charge in [-0.15, -0.1) is 0 Å². The second kappa shape index (κ2) is 9.35. The number of nitrogens with zero attached hydrogens (tertiary/aromatic N) is 1. The van der Waals surface area contributed by atoms with Gasteiger partial charge in [0.25, 0.3) is 10.4 Å². The Labute approximate surface area is 232 Å². The number of methoxy groups -OCH3 is 3. The van der Waals surface area contributed by atoms with Crippen LogP contribution in [-0.4, -0.2) is 49.1 Å². The van der Waals surface area contributed by atoms with Gasteiger partial charge in [-0.2, -0.15) is 0 Å². The number of hydrogen-bond acceptors (Lipinski definition) is 11. The number of ether oxygens (including phenoxy) is 3. The highest BCUT2D eigenvalue weighted by Gasteiger charge is 2.31. The Balaban J connectivity index is 1.80. The maximum Gasteiger partial charge on any atom is 0.361 e. The number of fused-ring (bicyclic) bond motifs is 7. The Morgan fingerprint density at radius 1 is 0.902 bits per heavy atom. The third-order valence-corrected chi connectivity index (χ3v) is 7.50. The normalized spacial score (nSPS) is 12.7. The molecule has 2 aromatic heterocycles. The molecule has 41 heavy (non-hydrogen) atoms. The summed E-state index contributed by atoms with van der Waals surface area (Å²) in [5, 5.41) is 22.1. The van der Waals surface area contributed by atoms with Crippen molar-refractivity contribution in [2.45, 2.75) is 13.0 Å². The first-order valence-electron chi connectivity index (χ1n) is 12.2. The van der Waals surface area contributed by atoms with E-state index < -0.39 is 21.8 Å². The van der Waals surface area contributed by atoms with E-state index in [-0.39, 0.29) is 34.1 Å². The maximum absolute atomic E-state index is 13.5. The average molecular weight is 581 g/mol. The topological polar surface area (TPSA) is 170 Å². The highest BCUT2D eigenvalue weighted by Crippen LogP contribution is 2.49. The third-order valence-electron chi connectivity index (χ3n) is 7.12. The molecular formula is C28H22NO11S-. The van der Waals surface area contributed by atoms with Crippen LogP contribution in [0.2, 0.25) is 0 Å². The third kappa shape index (κ3) is 4.17. The first kappa shape index (κ1) is 26.3. The average Bonchev–Trinajstić information content (AvgIpc) is 3.28. The molecule has 0 saturated carbocycles. The Morgan fingerprint density at radius 2 is 1.61 bits per heavy atom. The lowest BCUT2D eigenvalue weighted by Crippen LogP contribution is -2.14. The summed E-state index contributed by atoms with van der Waals surface area (Å²) in [4.78, 5) is 13.5. The molecule has 0 spiro atoms. The molecule has 0 unspecified atom stereocenters. The minimum atomic E-state index is -5.17. The predicted octanol–water partition coefficient (Wildman–Crippen LogP) is 3.91. The van der Waals surface area contributed by atoms with E-state index in [4.69, 9.17) is 18.6 Å². The number of benzene rings is 3. The van der Waals surface area contributed by atoms with Crippen LogP contribution < -0.4 is 24.0 Å². The van der Waals surface area contributed by atoms with E-state index in [1.54, 1.807) is 28.8 Å². The van der Waals surface area contributed by atoms with E-state index in [1.807, 2.05) is 0 Å². The second-order valence-electron chi connectivity index (χ2n) is 9.30. The fraction of sp³-hybridized carbons (Fsp3) is 0.179. The monoisotopic (exact) mass is 580 g/mol. The summed E-state index contributed by atoms with van der Waals surface area (Å²) in [6.45, 7) is 0.373. The molecule has 1 aliphatic rings. The second-order valence-corrected chi connectivity index (χ2v) is 10.3. The SMILES string of the molecule is COc1ccc(-c2c3n(c4c(=O)oc5cc(OS(=O)(=O)[O-])c(OC)cc5c24)CCc2cc(OC)c(O)cc2-3)cc1O. The molecule has 212 valence electrons.